The number of hydrogen-bond acceptors (Lipinski definition) is 4. The molecule has 0 aromatic carbocycles. The lowest BCUT2D eigenvalue weighted by atomic mass is 10.4. The summed E-state index contributed by atoms with van der Waals surface area (Å²) in [6, 6.07) is 0. The molecule has 16 heavy (non-hydrogen) atoms. The van der Waals surface area contributed by atoms with E-state index in [1.807, 2.05) is 6.92 Å². The molecule has 1 aromatic rings. The van der Waals surface area contributed by atoms with Crippen LogP contribution in [0.15, 0.2) is 0 Å². The van der Waals surface area contributed by atoms with Crippen LogP contribution in [0.5, 0.6) is 0 Å². The van der Waals surface area contributed by atoms with Crippen LogP contribution in [0.1, 0.15) is 18.3 Å². The number of hydrogen-bond donors (Lipinski definition) is 1. The molecular formula is C9H16ClN3O2S. The van der Waals surface area contributed by atoms with Crippen LogP contribution < -0.4 is 5.73 Å². The highest BCUT2D eigenvalue weighted by atomic mass is 35.5. The Hall–Kier alpha value is -0.590. The minimum absolute atomic E-state index is 0.0305. The summed E-state index contributed by atoms with van der Waals surface area (Å²) in [6.45, 7) is 4.37. The van der Waals surface area contributed by atoms with Gasteiger partial charge in [0.05, 0.1) is 27.9 Å². The molecule has 0 amide bonds. The average Bonchev–Trinajstić information content (AvgIpc) is 2.45. The van der Waals surface area contributed by atoms with Gasteiger partial charge < -0.3 is 5.73 Å². The largest absolute Gasteiger partial charge is 0.329 e. The van der Waals surface area contributed by atoms with Crippen molar-refractivity contribution in [3.63, 3.8) is 0 Å². The zero-order chi connectivity index (χ0) is 12.3. The van der Waals surface area contributed by atoms with E-state index in [4.69, 9.17) is 17.3 Å². The molecule has 2 N–H and O–H groups in total. The van der Waals surface area contributed by atoms with E-state index >= 15 is 0 Å². The van der Waals surface area contributed by atoms with Crippen LogP contribution >= 0.6 is 11.6 Å². The highest BCUT2D eigenvalue weighted by Gasteiger charge is 2.19. The molecule has 0 aliphatic heterocycles. The van der Waals surface area contributed by atoms with Crippen molar-refractivity contribution in [2.24, 2.45) is 5.73 Å². The minimum Gasteiger partial charge on any atom is -0.329 e. The Bertz CT molecular complexity index is 467. The maximum Gasteiger partial charge on any atom is 0.157 e. The number of nitrogens with two attached hydrogens (primary N) is 1. The molecule has 1 rings (SSSR count). The van der Waals surface area contributed by atoms with Gasteiger partial charge in [0.2, 0.25) is 0 Å². The predicted octanol–water partition coefficient (Wildman–Crippen LogP) is 0.738. The summed E-state index contributed by atoms with van der Waals surface area (Å²) >= 11 is 6.02. The second-order valence-corrected chi connectivity index (χ2v) is 6.10. The zero-order valence-electron chi connectivity index (χ0n) is 9.40. The van der Waals surface area contributed by atoms with E-state index in [-0.39, 0.29) is 18.1 Å². The minimum atomic E-state index is -3.20. The molecule has 92 valence electrons. The van der Waals surface area contributed by atoms with Crippen molar-refractivity contribution in [2.45, 2.75) is 26.1 Å². The highest BCUT2D eigenvalue weighted by Crippen LogP contribution is 2.22. The van der Waals surface area contributed by atoms with Gasteiger partial charge in [0.1, 0.15) is 0 Å². The van der Waals surface area contributed by atoms with Crippen LogP contribution in [0.25, 0.3) is 0 Å². The lowest BCUT2D eigenvalue weighted by molar-refractivity contribution is 0.585. The monoisotopic (exact) mass is 265 g/mol. The molecule has 0 saturated carbocycles. The van der Waals surface area contributed by atoms with Gasteiger partial charge in [-0.15, -0.1) is 0 Å². The van der Waals surface area contributed by atoms with E-state index in [1.165, 1.54) is 0 Å². The van der Waals surface area contributed by atoms with Crippen LogP contribution in [0.2, 0.25) is 5.02 Å². The van der Waals surface area contributed by atoms with Crippen LogP contribution in [0.3, 0.4) is 0 Å². The quantitative estimate of drug-likeness (QED) is 0.852. The Balaban J connectivity index is 3.05. The first-order chi connectivity index (χ1) is 7.41. The third-order valence-electron chi connectivity index (χ3n) is 2.24. The fourth-order valence-electron chi connectivity index (χ4n) is 1.47. The number of halogens is 1. The fourth-order valence-corrected chi connectivity index (χ4v) is 2.96. The number of aryl methyl sites for hydroxylation is 2. The van der Waals surface area contributed by atoms with Gasteiger partial charge in [0.25, 0.3) is 0 Å². The molecule has 0 aliphatic rings. The van der Waals surface area contributed by atoms with E-state index in [2.05, 4.69) is 5.10 Å². The van der Waals surface area contributed by atoms with Gasteiger partial charge in [-0.2, -0.15) is 5.10 Å². The second kappa shape index (κ2) is 5.16. The van der Waals surface area contributed by atoms with Gasteiger partial charge in [-0.05, 0) is 13.8 Å². The molecule has 0 atom stereocenters. The standard InChI is InChI=1S/C9H16ClN3O2S/c1-3-13-8(9(10)7(2)12-13)6-16(14,15)5-4-11/h3-6,11H2,1-2H3. The van der Waals surface area contributed by atoms with Crippen molar-refractivity contribution >= 4 is 21.4 Å². The van der Waals surface area contributed by atoms with Crippen molar-refractivity contribution in [1.82, 2.24) is 9.78 Å². The topological polar surface area (TPSA) is 78.0 Å². The molecule has 7 heteroatoms. The van der Waals surface area contributed by atoms with Gasteiger partial charge in [-0.1, -0.05) is 11.6 Å². The molecule has 0 unspecified atom stereocenters. The maximum atomic E-state index is 11.6. The number of rotatable bonds is 5. The fraction of sp³-hybridized carbons (Fsp3) is 0.667. The molecule has 1 aromatic heterocycles. The zero-order valence-corrected chi connectivity index (χ0v) is 11.0. The van der Waals surface area contributed by atoms with Crippen molar-refractivity contribution < 1.29 is 8.42 Å². The van der Waals surface area contributed by atoms with Crippen molar-refractivity contribution in [2.75, 3.05) is 12.3 Å². The molecule has 0 spiro atoms. The molecule has 0 saturated heterocycles. The molecule has 0 bridgehead atoms. The Labute approximate surface area is 100 Å². The van der Waals surface area contributed by atoms with Gasteiger partial charge in [-0.3, -0.25) is 4.68 Å². The molecular weight excluding hydrogens is 250 g/mol. The summed E-state index contributed by atoms with van der Waals surface area (Å²) in [5.74, 6) is -0.130. The van der Waals surface area contributed by atoms with Crippen molar-refractivity contribution in [1.29, 1.82) is 0 Å². The van der Waals surface area contributed by atoms with Gasteiger partial charge in [-0.25, -0.2) is 8.42 Å². The van der Waals surface area contributed by atoms with Gasteiger partial charge in [0, 0.05) is 13.1 Å². The van der Waals surface area contributed by atoms with Gasteiger partial charge in [0.15, 0.2) is 9.84 Å². The van der Waals surface area contributed by atoms with E-state index in [0.717, 1.165) is 0 Å². The Morgan fingerprint density at radius 3 is 2.62 bits per heavy atom. The van der Waals surface area contributed by atoms with Crippen molar-refractivity contribution in [3.8, 4) is 0 Å². The Morgan fingerprint density at radius 1 is 1.50 bits per heavy atom. The third-order valence-corrected chi connectivity index (χ3v) is 4.30. The molecule has 0 fully saturated rings. The lowest BCUT2D eigenvalue weighted by Gasteiger charge is -2.05. The first kappa shape index (κ1) is 13.5. The SMILES string of the molecule is CCn1nc(C)c(Cl)c1CS(=O)(=O)CCN. The smallest absolute Gasteiger partial charge is 0.157 e. The average molecular weight is 266 g/mol. The number of nitrogens with zero attached hydrogens (tertiary/aromatic N) is 2. The summed E-state index contributed by atoms with van der Waals surface area (Å²) in [5.41, 5.74) is 6.45. The summed E-state index contributed by atoms with van der Waals surface area (Å²) in [4.78, 5) is 0. The molecule has 0 aliphatic carbocycles. The van der Waals surface area contributed by atoms with E-state index in [9.17, 15) is 8.42 Å². The van der Waals surface area contributed by atoms with Crippen molar-refractivity contribution in [3.05, 3.63) is 16.4 Å². The van der Waals surface area contributed by atoms with E-state index in [0.29, 0.717) is 23.0 Å². The lowest BCUT2D eigenvalue weighted by Crippen LogP contribution is -2.19. The highest BCUT2D eigenvalue weighted by molar-refractivity contribution is 7.90. The predicted molar refractivity (Wildman–Crippen MR) is 64.2 cm³/mol. The Morgan fingerprint density at radius 2 is 2.12 bits per heavy atom. The second-order valence-electron chi connectivity index (χ2n) is 3.54. The Kier molecular flexibility index (Phi) is 4.35. The number of sulfone groups is 1. The normalized spacial score (nSPS) is 12.0. The molecule has 1 heterocycles. The summed E-state index contributed by atoms with van der Waals surface area (Å²) in [6.07, 6.45) is 0. The first-order valence-electron chi connectivity index (χ1n) is 5.03. The summed E-state index contributed by atoms with van der Waals surface area (Å²) in [7, 11) is -3.20. The molecule has 5 nitrogen and oxygen atoms in total. The number of aromatic nitrogens is 2. The summed E-state index contributed by atoms with van der Waals surface area (Å²) in [5, 5.41) is 4.59. The molecule has 0 radical (unpaired) electrons. The van der Waals surface area contributed by atoms with Crippen LogP contribution in [0.4, 0.5) is 0 Å². The van der Waals surface area contributed by atoms with E-state index in [1.54, 1.807) is 11.6 Å². The van der Waals surface area contributed by atoms with E-state index < -0.39 is 9.84 Å². The van der Waals surface area contributed by atoms with Gasteiger partial charge >= 0.3 is 0 Å². The third kappa shape index (κ3) is 2.96. The maximum absolute atomic E-state index is 11.6. The summed E-state index contributed by atoms with van der Waals surface area (Å²) < 4.78 is 24.9. The van der Waals surface area contributed by atoms with Crippen LogP contribution in [-0.4, -0.2) is 30.5 Å². The first-order valence-corrected chi connectivity index (χ1v) is 7.23. The van der Waals surface area contributed by atoms with Crippen LogP contribution in [0, 0.1) is 6.92 Å². The van der Waals surface area contributed by atoms with Crippen LogP contribution in [-0.2, 0) is 22.1 Å².